The molecule has 2 aromatic rings. The molecule has 0 aliphatic heterocycles. The topological polar surface area (TPSA) is 73.9 Å². The Kier molecular flexibility index (Phi) is 7.43. The van der Waals surface area contributed by atoms with Crippen LogP contribution in [0.15, 0.2) is 54.6 Å². The van der Waals surface area contributed by atoms with Gasteiger partial charge in [-0.3, -0.25) is 4.79 Å². The molecule has 0 saturated carbocycles. The normalized spacial score (nSPS) is 11.7. The minimum atomic E-state index is -0.604. The molecule has 0 aromatic heterocycles. The molecule has 27 heavy (non-hydrogen) atoms. The van der Waals surface area contributed by atoms with E-state index in [4.69, 9.17) is 14.2 Å². The van der Waals surface area contributed by atoms with E-state index in [1.54, 1.807) is 31.4 Å². The Morgan fingerprint density at radius 3 is 2.41 bits per heavy atom. The third kappa shape index (κ3) is 6.18. The lowest BCUT2D eigenvalue weighted by molar-refractivity contribution is -0.144. The van der Waals surface area contributed by atoms with E-state index >= 15 is 0 Å². The molecule has 0 unspecified atom stereocenters. The number of nitrogens with one attached hydrogen (secondary N) is 1. The summed E-state index contributed by atoms with van der Waals surface area (Å²) in [5.41, 5.74) is 1.72. The van der Waals surface area contributed by atoms with Crippen molar-refractivity contribution < 1.29 is 23.8 Å². The number of hydrogen-bond donors (Lipinski definition) is 1. The zero-order valence-corrected chi connectivity index (χ0v) is 15.6. The summed E-state index contributed by atoms with van der Waals surface area (Å²) in [5, 5.41) is 2.78. The number of ether oxygens (including phenoxy) is 3. The van der Waals surface area contributed by atoms with Gasteiger partial charge in [0.1, 0.15) is 0 Å². The number of carbonyl (C=O) groups is 2. The van der Waals surface area contributed by atoms with Crippen LogP contribution in [0.1, 0.15) is 24.1 Å². The molecular formula is C21H23NO5. The van der Waals surface area contributed by atoms with Crippen molar-refractivity contribution >= 4 is 18.0 Å². The fourth-order valence-electron chi connectivity index (χ4n) is 2.41. The van der Waals surface area contributed by atoms with Crippen molar-refractivity contribution in [1.82, 2.24) is 5.32 Å². The van der Waals surface area contributed by atoms with Crippen molar-refractivity contribution in [2.75, 3.05) is 20.8 Å². The van der Waals surface area contributed by atoms with Gasteiger partial charge in [-0.15, -0.1) is 0 Å². The van der Waals surface area contributed by atoms with Crippen LogP contribution in [0.25, 0.3) is 6.08 Å². The maximum atomic E-state index is 11.9. The molecule has 0 saturated heterocycles. The first-order valence-corrected chi connectivity index (χ1v) is 8.44. The third-order valence-corrected chi connectivity index (χ3v) is 3.84. The van der Waals surface area contributed by atoms with Crippen molar-refractivity contribution in [3.63, 3.8) is 0 Å². The van der Waals surface area contributed by atoms with E-state index in [1.807, 2.05) is 37.3 Å². The van der Waals surface area contributed by atoms with Crippen LogP contribution in [0.3, 0.4) is 0 Å². The van der Waals surface area contributed by atoms with Gasteiger partial charge in [-0.1, -0.05) is 36.4 Å². The lowest BCUT2D eigenvalue weighted by Gasteiger charge is -2.14. The summed E-state index contributed by atoms with van der Waals surface area (Å²) in [4.78, 5) is 23.7. The number of hydrogen-bond acceptors (Lipinski definition) is 5. The molecule has 1 N–H and O–H groups in total. The van der Waals surface area contributed by atoms with E-state index in [9.17, 15) is 9.59 Å². The summed E-state index contributed by atoms with van der Waals surface area (Å²) in [6.45, 7) is 1.53. The van der Waals surface area contributed by atoms with Gasteiger partial charge in [0.25, 0.3) is 5.91 Å². The molecule has 142 valence electrons. The van der Waals surface area contributed by atoms with Gasteiger partial charge in [-0.2, -0.15) is 0 Å². The van der Waals surface area contributed by atoms with Gasteiger partial charge in [0.05, 0.1) is 20.3 Å². The van der Waals surface area contributed by atoms with Crippen LogP contribution in [0.5, 0.6) is 11.5 Å². The highest BCUT2D eigenvalue weighted by atomic mass is 16.5. The second-order valence-corrected chi connectivity index (χ2v) is 5.76. The van der Waals surface area contributed by atoms with E-state index in [1.165, 1.54) is 13.2 Å². The largest absolute Gasteiger partial charge is 0.493 e. The van der Waals surface area contributed by atoms with Gasteiger partial charge in [-0.05, 0) is 36.3 Å². The van der Waals surface area contributed by atoms with Crippen molar-refractivity contribution in [3.8, 4) is 11.5 Å². The van der Waals surface area contributed by atoms with E-state index < -0.39 is 5.97 Å². The van der Waals surface area contributed by atoms with E-state index in [0.717, 1.165) is 11.1 Å². The Morgan fingerprint density at radius 2 is 1.74 bits per heavy atom. The van der Waals surface area contributed by atoms with Crippen molar-refractivity contribution in [3.05, 3.63) is 65.7 Å². The van der Waals surface area contributed by atoms with Gasteiger partial charge in [0.15, 0.2) is 18.1 Å². The smallest absolute Gasteiger partial charge is 0.331 e. The van der Waals surface area contributed by atoms with Gasteiger partial charge in [0.2, 0.25) is 0 Å². The Morgan fingerprint density at radius 1 is 1.04 bits per heavy atom. The van der Waals surface area contributed by atoms with Gasteiger partial charge < -0.3 is 19.5 Å². The number of methoxy groups -OCH3 is 2. The number of benzene rings is 2. The Hall–Kier alpha value is -3.28. The fraction of sp³-hybridized carbons (Fsp3) is 0.238. The number of carbonyl (C=O) groups excluding carboxylic acids is 2. The van der Waals surface area contributed by atoms with Crippen LogP contribution in [-0.4, -0.2) is 32.7 Å². The SMILES string of the molecule is COc1ccc(/C=C/C(=O)OCC(=O)N[C@H](C)c2ccccc2)cc1OC. The molecule has 6 nitrogen and oxygen atoms in total. The van der Waals surface area contributed by atoms with Crippen LogP contribution in [0.2, 0.25) is 0 Å². The molecule has 1 atom stereocenters. The summed E-state index contributed by atoms with van der Waals surface area (Å²) < 4.78 is 15.3. The second-order valence-electron chi connectivity index (χ2n) is 5.76. The van der Waals surface area contributed by atoms with Crippen molar-refractivity contribution in [2.24, 2.45) is 0 Å². The van der Waals surface area contributed by atoms with Gasteiger partial charge >= 0.3 is 5.97 Å². The maximum Gasteiger partial charge on any atom is 0.331 e. The first-order valence-electron chi connectivity index (χ1n) is 8.44. The molecule has 0 aliphatic carbocycles. The zero-order valence-electron chi connectivity index (χ0n) is 15.6. The first kappa shape index (κ1) is 20.0. The molecule has 1 amide bonds. The molecule has 2 rings (SSSR count). The molecule has 0 fully saturated rings. The summed E-state index contributed by atoms with van der Waals surface area (Å²) in [7, 11) is 3.09. The minimum Gasteiger partial charge on any atom is -0.493 e. The van der Waals surface area contributed by atoms with Crippen LogP contribution in [0, 0.1) is 0 Å². The lowest BCUT2D eigenvalue weighted by Crippen LogP contribution is -2.30. The number of esters is 1. The summed E-state index contributed by atoms with van der Waals surface area (Å²) >= 11 is 0. The zero-order chi connectivity index (χ0) is 19.6. The second kappa shape index (κ2) is 10.0. The Bertz CT molecular complexity index is 801. The van der Waals surface area contributed by atoms with Crippen LogP contribution < -0.4 is 14.8 Å². The van der Waals surface area contributed by atoms with E-state index in [2.05, 4.69) is 5.32 Å². The Labute approximate surface area is 158 Å². The molecule has 0 bridgehead atoms. The summed E-state index contributed by atoms with van der Waals surface area (Å²) in [6.07, 6.45) is 2.84. The predicted octanol–water partition coefficient (Wildman–Crippen LogP) is 3.14. The number of rotatable bonds is 8. The predicted molar refractivity (Wildman–Crippen MR) is 103 cm³/mol. The maximum absolute atomic E-state index is 11.9. The molecule has 6 heteroatoms. The summed E-state index contributed by atoms with van der Waals surface area (Å²) in [6, 6.07) is 14.6. The molecule has 0 radical (unpaired) electrons. The monoisotopic (exact) mass is 369 g/mol. The molecule has 0 spiro atoms. The van der Waals surface area contributed by atoms with Gasteiger partial charge in [0, 0.05) is 6.08 Å². The fourth-order valence-corrected chi connectivity index (χ4v) is 2.41. The third-order valence-electron chi connectivity index (χ3n) is 3.84. The van der Waals surface area contributed by atoms with Crippen molar-refractivity contribution in [2.45, 2.75) is 13.0 Å². The average molecular weight is 369 g/mol. The molecular weight excluding hydrogens is 346 g/mol. The summed E-state index contributed by atoms with van der Waals surface area (Å²) in [5.74, 6) is 0.190. The molecule has 2 aromatic carbocycles. The minimum absolute atomic E-state index is 0.167. The van der Waals surface area contributed by atoms with Crippen LogP contribution in [0.4, 0.5) is 0 Å². The standard InChI is InChI=1S/C21H23NO5/c1-15(17-7-5-4-6-8-17)22-20(23)14-27-21(24)12-10-16-9-11-18(25-2)19(13-16)26-3/h4-13,15H,14H2,1-3H3,(H,22,23)/b12-10+/t15-/m1/s1. The van der Waals surface area contributed by atoms with Crippen molar-refractivity contribution in [1.29, 1.82) is 0 Å². The van der Waals surface area contributed by atoms with E-state index in [-0.39, 0.29) is 18.6 Å². The highest BCUT2D eigenvalue weighted by Crippen LogP contribution is 2.27. The quantitative estimate of drug-likeness (QED) is 0.572. The van der Waals surface area contributed by atoms with Crippen LogP contribution >= 0.6 is 0 Å². The number of amides is 1. The Balaban J connectivity index is 1.83. The molecule has 0 heterocycles. The first-order chi connectivity index (χ1) is 13.0. The van der Waals surface area contributed by atoms with Gasteiger partial charge in [-0.25, -0.2) is 4.79 Å². The average Bonchev–Trinajstić information content (AvgIpc) is 2.71. The highest BCUT2D eigenvalue weighted by Gasteiger charge is 2.10. The van der Waals surface area contributed by atoms with Crippen LogP contribution in [-0.2, 0) is 14.3 Å². The lowest BCUT2D eigenvalue weighted by atomic mass is 10.1. The van der Waals surface area contributed by atoms with E-state index in [0.29, 0.717) is 11.5 Å². The highest BCUT2D eigenvalue weighted by molar-refractivity contribution is 5.89. The molecule has 0 aliphatic rings.